The second-order valence-corrected chi connectivity index (χ2v) is 5.65. The number of aliphatic hydroxyl groups excluding tert-OH is 1. The van der Waals surface area contributed by atoms with E-state index < -0.39 is 0 Å². The van der Waals surface area contributed by atoms with Crippen molar-refractivity contribution in [2.24, 2.45) is 5.41 Å². The van der Waals surface area contributed by atoms with Crippen molar-refractivity contribution in [3.63, 3.8) is 0 Å². The molecule has 0 heterocycles. The van der Waals surface area contributed by atoms with Gasteiger partial charge in [-0.25, -0.2) is 0 Å². The topological polar surface area (TPSA) is 20.2 Å². The summed E-state index contributed by atoms with van der Waals surface area (Å²) in [6, 6.07) is 8.53. The van der Waals surface area contributed by atoms with Crippen molar-refractivity contribution in [2.75, 3.05) is 0 Å². The van der Waals surface area contributed by atoms with Gasteiger partial charge in [0.1, 0.15) is 0 Å². The highest BCUT2D eigenvalue weighted by molar-refractivity contribution is 5.62. The van der Waals surface area contributed by atoms with Crippen LogP contribution >= 0.6 is 0 Å². The summed E-state index contributed by atoms with van der Waals surface area (Å²) in [5.74, 6) is 0. The number of rotatable bonds is 0. The Kier molecular flexibility index (Phi) is 2.27. The zero-order valence-electron chi connectivity index (χ0n) is 10.4. The van der Waals surface area contributed by atoms with Crippen LogP contribution in [0.25, 0.3) is 6.08 Å². The van der Waals surface area contributed by atoms with Crippen LogP contribution in [0.3, 0.4) is 0 Å². The van der Waals surface area contributed by atoms with E-state index >= 15 is 0 Å². The molecule has 2 aliphatic carbocycles. The SMILES string of the molecule is CC1(C)C2=C(C=Cc3ccccc3C2)C[C@H]1O. The van der Waals surface area contributed by atoms with Crippen LogP contribution in [-0.4, -0.2) is 11.2 Å². The number of benzene rings is 1. The quantitative estimate of drug-likeness (QED) is 0.719. The Hall–Kier alpha value is -1.34. The highest BCUT2D eigenvalue weighted by Gasteiger charge is 2.39. The Balaban J connectivity index is 2.09. The van der Waals surface area contributed by atoms with Gasteiger partial charge in [0.15, 0.2) is 0 Å². The van der Waals surface area contributed by atoms with Crippen molar-refractivity contribution >= 4 is 6.08 Å². The molecule has 0 bridgehead atoms. The maximum absolute atomic E-state index is 10.2. The van der Waals surface area contributed by atoms with Gasteiger partial charge in [-0.2, -0.15) is 0 Å². The van der Waals surface area contributed by atoms with Gasteiger partial charge in [0.25, 0.3) is 0 Å². The number of hydrogen-bond acceptors (Lipinski definition) is 1. The van der Waals surface area contributed by atoms with Gasteiger partial charge < -0.3 is 5.11 Å². The maximum Gasteiger partial charge on any atom is 0.0668 e. The summed E-state index contributed by atoms with van der Waals surface area (Å²) >= 11 is 0. The van der Waals surface area contributed by atoms with Gasteiger partial charge in [0.05, 0.1) is 6.10 Å². The predicted octanol–water partition coefficient (Wildman–Crippen LogP) is 3.34. The molecule has 1 aromatic carbocycles. The lowest BCUT2D eigenvalue weighted by Gasteiger charge is -2.27. The lowest BCUT2D eigenvalue weighted by atomic mass is 9.80. The van der Waals surface area contributed by atoms with E-state index in [-0.39, 0.29) is 11.5 Å². The molecule has 0 saturated heterocycles. The molecule has 0 spiro atoms. The van der Waals surface area contributed by atoms with E-state index in [0.29, 0.717) is 0 Å². The maximum atomic E-state index is 10.2. The molecule has 17 heavy (non-hydrogen) atoms. The minimum atomic E-state index is -0.234. The van der Waals surface area contributed by atoms with Crippen molar-refractivity contribution in [1.82, 2.24) is 0 Å². The molecule has 1 atom stereocenters. The first-order valence-electron chi connectivity index (χ1n) is 6.25. The van der Waals surface area contributed by atoms with E-state index in [0.717, 1.165) is 12.8 Å². The monoisotopic (exact) mass is 226 g/mol. The molecular weight excluding hydrogens is 208 g/mol. The van der Waals surface area contributed by atoms with Crippen LogP contribution in [0, 0.1) is 5.41 Å². The van der Waals surface area contributed by atoms with Crippen molar-refractivity contribution in [3.8, 4) is 0 Å². The third-order valence-corrected chi connectivity index (χ3v) is 4.30. The molecule has 1 aromatic rings. The molecule has 0 amide bonds. The molecule has 2 aliphatic rings. The zero-order valence-corrected chi connectivity index (χ0v) is 10.4. The van der Waals surface area contributed by atoms with Crippen LogP contribution in [0.1, 0.15) is 31.4 Å². The average molecular weight is 226 g/mol. The van der Waals surface area contributed by atoms with Crippen LogP contribution < -0.4 is 0 Å². The molecule has 0 unspecified atom stereocenters. The van der Waals surface area contributed by atoms with Gasteiger partial charge in [0, 0.05) is 5.41 Å². The standard InChI is InChI=1S/C16H18O/c1-16(2)14-9-12-6-4-3-5-11(12)7-8-13(14)10-15(16)17/h3-8,15,17H,9-10H2,1-2H3/t15-/m1/s1. The van der Waals surface area contributed by atoms with E-state index in [1.807, 2.05) is 0 Å². The van der Waals surface area contributed by atoms with Gasteiger partial charge in [-0.1, -0.05) is 55.8 Å². The number of aliphatic hydroxyl groups is 1. The lowest BCUT2D eigenvalue weighted by Crippen LogP contribution is -2.26. The van der Waals surface area contributed by atoms with Gasteiger partial charge in [-0.3, -0.25) is 0 Å². The molecule has 1 heteroatoms. The van der Waals surface area contributed by atoms with Crippen LogP contribution in [0.15, 0.2) is 41.5 Å². The minimum Gasteiger partial charge on any atom is -0.392 e. The molecule has 1 N–H and O–H groups in total. The first-order valence-corrected chi connectivity index (χ1v) is 6.25. The van der Waals surface area contributed by atoms with Crippen LogP contribution in [0.4, 0.5) is 0 Å². The summed E-state index contributed by atoms with van der Waals surface area (Å²) in [4.78, 5) is 0. The normalized spacial score (nSPS) is 25.5. The third-order valence-electron chi connectivity index (χ3n) is 4.30. The summed E-state index contributed by atoms with van der Waals surface area (Å²) in [7, 11) is 0. The fourth-order valence-corrected chi connectivity index (χ4v) is 2.95. The van der Waals surface area contributed by atoms with Crippen molar-refractivity contribution in [1.29, 1.82) is 0 Å². The fourth-order valence-electron chi connectivity index (χ4n) is 2.95. The van der Waals surface area contributed by atoms with E-state index in [1.54, 1.807) is 0 Å². The molecule has 3 rings (SSSR count). The van der Waals surface area contributed by atoms with E-state index in [1.165, 1.54) is 22.3 Å². The fraction of sp³-hybridized carbons (Fsp3) is 0.375. The number of hydrogen-bond donors (Lipinski definition) is 1. The summed E-state index contributed by atoms with van der Waals surface area (Å²) in [5, 5.41) is 10.2. The molecule has 88 valence electrons. The predicted molar refractivity (Wildman–Crippen MR) is 70.6 cm³/mol. The molecule has 0 fully saturated rings. The summed E-state index contributed by atoms with van der Waals surface area (Å²) in [5.41, 5.74) is 5.34. The Morgan fingerprint density at radius 1 is 1.18 bits per heavy atom. The minimum absolute atomic E-state index is 0.0862. The van der Waals surface area contributed by atoms with Gasteiger partial charge >= 0.3 is 0 Å². The third kappa shape index (κ3) is 1.57. The van der Waals surface area contributed by atoms with Crippen molar-refractivity contribution in [2.45, 2.75) is 32.8 Å². The first-order chi connectivity index (χ1) is 8.09. The zero-order chi connectivity index (χ0) is 12.0. The highest BCUT2D eigenvalue weighted by atomic mass is 16.3. The molecule has 0 aliphatic heterocycles. The highest BCUT2D eigenvalue weighted by Crippen LogP contribution is 2.46. The van der Waals surface area contributed by atoms with Gasteiger partial charge in [-0.15, -0.1) is 0 Å². The molecular formula is C16H18O. The van der Waals surface area contributed by atoms with Crippen LogP contribution in [0.2, 0.25) is 0 Å². The first kappa shape index (κ1) is 10.8. The van der Waals surface area contributed by atoms with Gasteiger partial charge in [-0.05, 0) is 29.5 Å². The van der Waals surface area contributed by atoms with E-state index in [4.69, 9.17) is 0 Å². The Morgan fingerprint density at radius 3 is 2.76 bits per heavy atom. The molecule has 0 saturated carbocycles. The number of allylic oxidation sites excluding steroid dienone is 1. The average Bonchev–Trinajstić information content (AvgIpc) is 2.48. The summed E-state index contributed by atoms with van der Waals surface area (Å²) < 4.78 is 0. The van der Waals surface area contributed by atoms with Crippen LogP contribution in [-0.2, 0) is 6.42 Å². The lowest BCUT2D eigenvalue weighted by molar-refractivity contribution is 0.0894. The molecule has 1 nitrogen and oxygen atoms in total. The van der Waals surface area contributed by atoms with Crippen molar-refractivity contribution < 1.29 is 5.11 Å². The number of fused-ring (bicyclic) bond motifs is 1. The van der Waals surface area contributed by atoms with Crippen LogP contribution in [0.5, 0.6) is 0 Å². The Labute approximate surface area is 102 Å². The Morgan fingerprint density at radius 2 is 1.94 bits per heavy atom. The molecule has 0 radical (unpaired) electrons. The van der Waals surface area contributed by atoms with Gasteiger partial charge in [0.2, 0.25) is 0 Å². The van der Waals surface area contributed by atoms with Crippen molar-refractivity contribution in [3.05, 3.63) is 52.6 Å². The molecule has 0 aromatic heterocycles. The Bertz CT molecular complexity index is 520. The second kappa shape index (κ2) is 3.58. The smallest absolute Gasteiger partial charge is 0.0668 e. The summed E-state index contributed by atoms with van der Waals surface area (Å²) in [6.45, 7) is 4.31. The summed E-state index contributed by atoms with van der Waals surface area (Å²) in [6.07, 6.45) is 5.92. The largest absolute Gasteiger partial charge is 0.392 e. The van der Waals surface area contributed by atoms with E-state index in [9.17, 15) is 5.11 Å². The second-order valence-electron chi connectivity index (χ2n) is 5.65. The van der Waals surface area contributed by atoms with E-state index in [2.05, 4.69) is 50.3 Å².